The maximum absolute atomic E-state index is 12.3. The van der Waals surface area contributed by atoms with Crippen molar-refractivity contribution in [3.63, 3.8) is 0 Å². The third-order valence-corrected chi connectivity index (χ3v) is 5.64. The van der Waals surface area contributed by atoms with Gasteiger partial charge in [0.05, 0.1) is 32.1 Å². The van der Waals surface area contributed by atoms with Crippen molar-refractivity contribution in [3.8, 4) is 17.0 Å². The molecule has 2 aliphatic heterocycles. The Balaban J connectivity index is 1.18. The van der Waals surface area contributed by atoms with Crippen molar-refractivity contribution in [3.05, 3.63) is 66.9 Å². The summed E-state index contributed by atoms with van der Waals surface area (Å²) in [6, 6.07) is 18.6. The molecule has 1 aromatic heterocycles. The van der Waals surface area contributed by atoms with Crippen LogP contribution in [0.2, 0.25) is 0 Å². The molecular weight excluding hydrogens is 424 g/mol. The van der Waals surface area contributed by atoms with Gasteiger partial charge in [-0.05, 0) is 30.3 Å². The van der Waals surface area contributed by atoms with Gasteiger partial charge in [0, 0.05) is 17.4 Å². The van der Waals surface area contributed by atoms with Crippen molar-refractivity contribution < 1.29 is 23.7 Å². The van der Waals surface area contributed by atoms with Crippen molar-refractivity contribution in [1.82, 2.24) is 9.97 Å². The standard InChI is InChI=1S/C24H24N4O5/c1-30-17-9-7-16(8-10-17)26-24(29)33-20-14-32-21-19(13-31-22(20)21)28-23-25-12-11-18(27-23)15-5-3-2-4-6-15/h2-12,19-22H,13-14H2,1H3,(H,26,29)(H,25,27,28)/t19-,20-,21-,22+/m0/s1. The summed E-state index contributed by atoms with van der Waals surface area (Å²) in [4.78, 5) is 21.3. The maximum atomic E-state index is 12.3. The van der Waals surface area contributed by atoms with Gasteiger partial charge in [0.25, 0.3) is 0 Å². The van der Waals surface area contributed by atoms with Gasteiger partial charge in [0.1, 0.15) is 18.0 Å². The number of nitrogens with one attached hydrogen (secondary N) is 2. The number of benzene rings is 2. The van der Waals surface area contributed by atoms with Gasteiger partial charge in [0.2, 0.25) is 5.95 Å². The summed E-state index contributed by atoms with van der Waals surface area (Å²) in [6.07, 6.45) is 0.0229. The molecule has 3 aromatic rings. The van der Waals surface area contributed by atoms with E-state index in [0.29, 0.717) is 24.0 Å². The maximum Gasteiger partial charge on any atom is 0.412 e. The summed E-state index contributed by atoms with van der Waals surface area (Å²) >= 11 is 0. The molecule has 2 fully saturated rings. The molecule has 2 saturated heterocycles. The highest BCUT2D eigenvalue weighted by molar-refractivity contribution is 5.84. The molecule has 2 aliphatic rings. The molecule has 0 bridgehead atoms. The van der Waals surface area contributed by atoms with Gasteiger partial charge in [-0.25, -0.2) is 14.8 Å². The number of carbonyl (C=O) groups excluding carboxylic acids is 1. The molecule has 0 saturated carbocycles. The molecule has 1 amide bonds. The van der Waals surface area contributed by atoms with Crippen LogP contribution in [0.3, 0.4) is 0 Å². The third-order valence-electron chi connectivity index (χ3n) is 5.64. The van der Waals surface area contributed by atoms with E-state index in [1.807, 2.05) is 36.4 Å². The average Bonchev–Trinajstić information content (AvgIpc) is 3.43. The van der Waals surface area contributed by atoms with Crippen LogP contribution in [0.15, 0.2) is 66.9 Å². The first-order valence-electron chi connectivity index (χ1n) is 10.7. The highest BCUT2D eigenvalue weighted by atomic mass is 16.6. The van der Waals surface area contributed by atoms with Crippen molar-refractivity contribution >= 4 is 17.7 Å². The molecular formula is C24H24N4O5. The van der Waals surface area contributed by atoms with E-state index in [2.05, 4.69) is 20.6 Å². The predicted molar refractivity (Wildman–Crippen MR) is 121 cm³/mol. The van der Waals surface area contributed by atoms with Crippen LogP contribution < -0.4 is 15.4 Å². The molecule has 0 radical (unpaired) electrons. The number of hydrogen-bond donors (Lipinski definition) is 2. The van der Waals surface area contributed by atoms with E-state index in [1.165, 1.54) is 0 Å². The van der Waals surface area contributed by atoms with Crippen LogP contribution in [0.25, 0.3) is 11.3 Å². The van der Waals surface area contributed by atoms with Crippen LogP contribution >= 0.6 is 0 Å². The van der Waals surface area contributed by atoms with Crippen LogP contribution in [0.5, 0.6) is 5.75 Å². The fourth-order valence-corrected chi connectivity index (χ4v) is 4.01. The van der Waals surface area contributed by atoms with E-state index in [0.717, 1.165) is 11.3 Å². The first-order chi connectivity index (χ1) is 16.2. The number of carbonyl (C=O) groups is 1. The number of methoxy groups -OCH3 is 1. The van der Waals surface area contributed by atoms with E-state index in [9.17, 15) is 4.79 Å². The molecule has 9 nitrogen and oxygen atoms in total. The Hall–Kier alpha value is -3.69. The molecule has 4 atom stereocenters. The van der Waals surface area contributed by atoms with Crippen molar-refractivity contribution in [1.29, 1.82) is 0 Å². The minimum absolute atomic E-state index is 0.153. The van der Waals surface area contributed by atoms with Gasteiger partial charge in [-0.15, -0.1) is 0 Å². The highest BCUT2D eigenvalue weighted by Crippen LogP contribution is 2.31. The predicted octanol–water partition coefficient (Wildman–Crippen LogP) is 3.35. The molecule has 3 heterocycles. The second kappa shape index (κ2) is 9.43. The Morgan fingerprint density at radius 2 is 1.79 bits per heavy atom. The number of hydrogen-bond acceptors (Lipinski definition) is 8. The van der Waals surface area contributed by atoms with Crippen LogP contribution in [-0.2, 0) is 14.2 Å². The number of ether oxygens (including phenoxy) is 4. The number of rotatable bonds is 6. The Kier molecular flexibility index (Phi) is 6.05. The zero-order valence-corrected chi connectivity index (χ0v) is 18.0. The summed E-state index contributed by atoms with van der Waals surface area (Å²) in [7, 11) is 1.59. The van der Waals surface area contributed by atoms with Crippen LogP contribution in [0, 0.1) is 0 Å². The number of aromatic nitrogens is 2. The fourth-order valence-electron chi connectivity index (χ4n) is 4.01. The molecule has 0 spiro atoms. The highest BCUT2D eigenvalue weighted by Gasteiger charge is 2.49. The number of fused-ring (bicyclic) bond motifs is 1. The van der Waals surface area contributed by atoms with E-state index < -0.39 is 12.2 Å². The van der Waals surface area contributed by atoms with Gasteiger partial charge in [0.15, 0.2) is 6.10 Å². The fraction of sp³-hybridized carbons (Fsp3) is 0.292. The van der Waals surface area contributed by atoms with Gasteiger partial charge < -0.3 is 24.3 Å². The zero-order valence-electron chi connectivity index (χ0n) is 18.0. The summed E-state index contributed by atoms with van der Waals surface area (Å²) in [5, 5.41) is 6.02. The molecule has 9 heteroatoms. The minimum atomic E-state index is -0.562. The van der Waals surface area contributed by atoms with Crippen LogP contribution in [0.4, 0.5) is 16.4 Å². The van der Waals surface area contributed by atoms with Gasteiger partial charge in [-0.3, -0.25) is 5.32 Å². The van der Waals surface area contributed by atoms with E-state index in [1.54, 1.807) is 37.6 Å². The monoisotopic (exact) mass is 448 g/mol. The molecule has 0 unspecified atom stereocenters. The summed E-state index contributed by atoms with van der Waals surface area (Å²) in [5.41, 5.74) is 2.45. The van der Waals surface area contributed by atoms with Gasteiger partial charge in [-0.2, -0.15) is 0 Å². The lowest BCUT2D eigenvalue weighted by Gasteiger charge is -2.18. The summed E-state index contributed by atoms with van der Waals surface area (Å²) in [6.45, 7) is 0.655. The Labute approximate surface area is 191 Å². The SMILES string of the molecule is COc1ccc(NC(=O)O[C@H]2CO[C@@H]3[C@@H]2OC[C@@H]3Nc2nccc(-c3ccccc3)n2)cc1. The quantitative estimate of drug-likeness (QED) is 0.592. The normalized spacial score (nSPS) is 23.5. The lowest BCUT2D eigenvalue weighted by atomic mass is 10.1. The second-order valence-corrected chi connectivity index (χ2v) is 7.78. The van der Waals surface area contributed by atoms with E-state index in [-0.39, 0.29) is 24.9 Å². The Morgan fingerprint density at radius 3 is 2.58 bits per heavy atom. The van der Waals surface area contributed by atoms with Crippen molar-refractivity contribution in [2.24, 2.45) is 0 Å². The minimum Gasteiger partial charge on any atom is -0.497 e. The lowest BCUT2D eigenvalue weighted by molar-refractivity contribution is 0.00917. The molecule has 2 N–H and O–H groups in total. The molecule has 170 valence electrons. The first kappa shape index (κ1) is 21.2. The lowest BCUT2D eigenvalue weighted by Crippen LogP contribution is -2.38. The van der Waals surface area contributed by atoms with Gasteiger partial charge >= 0.3 is 6.09 Å². The topological polar surface area (TPSA) is 104 Å². The Morgan fingerprint density at radius 1 is 1.00 bits per heavy atom. The van der Waals surface area contributed by atoms with Gasteiger partial charge in [-0.1, -0.05) is 30.3 Å². The second-order valence-electron chi connectivity index (χ2n) is 7.78. The summed E-state index contributed by atoms with van der Waals surface area (Å²) < 4.78 is 22.5. The number of nitrogens with zero attached hydrogens (tertiary/aromatic N) is 2. The molecule has 33 heavy (non-hydrogen) atoms. The molecule has 5 rings (SSSR count). The number of anilines is 2. The third kappa shape index (κ3) is 4.74. The van der Waals surface area contributed by atoms with E-state index >= 15 is 0 Å². The zero-order chi connectivity index (χ0) is 22.6. The van der Waals surface area contributed by atoms with Crippen LogP contribution in [0.1, 0.15) is 0 Å². The van der Waals surface area contributed by atoms with Crippen LogP contribution in [-0.4, -0.2) is 60.7 Å². The summed E-state index contributed by atoms with van der Waals surface area (Å²) in [5.74, 6) is 1.20. The van der Waals surface area contributed by atoms with Crippen molar-refractivity contribution in [2.45, 2.75) is 24.4 Å². The average molecular weight is 448 g/mol. The van der Waals surface area contributed by atoms with Crippen molar-refractivity contribution in [2.75, 3.05) is 31.0 Å². The smallest absolute Gasteiger partial charge is 0.412 e. The Bertz CT molecular complexity index is 1100. The first-order valence-corrected chi connectivity index (χ1v) is 10.7. The largest absolute Gasteiger partial charge is 0.497 e. The molecule has 2 aromatic carbocycles. The molecule has 0 aliphatic carbocycles. The van der Waals surface area contributed by atoms with E-state index in [4.69, 9.17) is 18.9 Å². The number of amides is 1.